The van der Waals surface area contributed by atoms with Crippen molar-refractivity contribution in [2.24, 2.45) is 0 Å². The van der Waals surface area contributed by atoms with E-state index in [9.17, 15) is 23.7 Å². The molecular weight excluding hydrogens is 296 g/mol. The van der Waals surface area contributed by atoms with Crippen LogP contribution in [0.3, 0.4) is 0 Å². The monoisotopic (exact) mass is 309 g/mol. The first-order chi connectivity index (χ1) is 9.35. The van der Waals surface area contributed by atoms with Crippen molar-refractivity contribution >= 4 is 13.6 Å². The molecule has 0 bridgehead atoms. The maximum absolute atomic E-state index is 12.6. The highest BCUT2D eigenvalue weighted by Gasteiger charge is 2.33. The van der Waals surface area contributed by atoms with Crippen LogP contribution in [-0.4, -0.2) is 35.6 Å². The number of hydrogen-bond acceptors (Lipinski definition) is 7. The van der Waals surface area contributed by atoms with Gasteiger partial charge in [0.05, 0.1) is 13.7 Å². The van der Waals surface area contributed by atoms with Gasteiger partial charge < -0.3 is 19.6 Å². The van der Waals surface area contributed by atoms with E-state index in [4.69, 9.17) is 0 Å². The summed E-state index contributed by atoms with van der Waals surface area (Å²) in [4.78, 5) is 24.6. The van der Waals surface area contributed by atoms with Gasteiger partial charge in [0.1, 0.15) is 5.82 Å². The Hall–Kier alpha value is -1.51. The smallest absolute Gasteiger partial charge is 0.408 e. The molecule has 1 rings (SSSR count). The molecule has 1 aromatic carbocycles. The fourth-order valence-electron chi connectivity index (χ4n) is 0.989. The van der Waals surface area contributed by atoms with Gasteiger partial charge in [-0.3, -0.25) is 14.7 Å². The summed E-state index contributed by atoms with van der Waals surface area (Å²) >= 11 is 0. The van der Waals surface area contributed by atoms with Crippen LogP contribution in [-0.2, 0) is 18.8 Å². The van der Waals surface area contributed by atoms with Crippen LogP contribution in [0.4, 0.5) is 4.39 Å². The van der Waals surface area contributed by atoms with Crippen LogP contribution >= 0.6 is 7.60 Å². The first kappa shape index (κ1) is 16.5. The highest BCUT2D eigenvalue weighted by Crippen LogP contribution is 2.45. The van der Waals surface area contributed by atoms with Gasteiger partial charge >= 0.3 is 13.6 Å². The van der Waals surface area contributed by atoms with E-state index in [0.717, 1.165) is 31.4 Å². The lowest BCUT2D eigenvalue weighted by Gasteiger charge is -2.17. The summed E-state index contributed by atoms with van der Waals surface area (Å²) in [6.07, 6.45) is 0. The Bertz CT molecular complexity index is 495. The number of rotatable bonds is 7. The second-order valence-electron chi connectivity index (χ2n) is 3.51. The van der Waals surface area contributed by atoms with Gasteiger partial charge in [0.25, 0.3) is 0 Å². The molecule has 2 unspecified atom stereocenters. The minimum atomic E-state index is -4.61. The lowest BCUT2D eigenvalue weighted by atomic mass is 10.3. The third-order valence-corrected chi connectivity index (χ3v) is 3.11. The SMILES string of the molecule is COC(=O)CNC(O)P(=O)(O)OOc1ccc(F)cc1. The van der Waals surface area contributed by atoms with Gasteiger partial charge in [-0.1, -0.05) is 4.67 Å². The summed E-state index contributed by atoms with van der Waals surface area (Å²) in [5, 5.41) is 11.4. The number of hydrogen-bond donors (Lipinski definition) is 3. The van der Waals surface area contributed by atoms with E-state index in [0.29, 0.717) is 0 Å². The van der Waals surface area contributed by atoms with Crippen molar-refractivity contribution in [3.8, 4) is 5.75 Å². The van der Waals surface area contributed by atoms with Crippen molar-refractivity contribution in [3.05, 3.63) is 30.1 Å². The maximum atomic E-state index is 12.6. The van der Waals surface area contributed by atoms with Crippen LogP contribution in [0.15, 0.2) is 24.3 Å². The van der Waals surface area contributed by atoms with Crippen LogP contribution in [0.25, 0.3) is 0 Å². The molecule has 0 radical (unpaired) electrons. The van der Waals surface area contributed by atoms with Gasteiger partial charge in [-0.25, -0.2) is 4.39 Å². The molecule has 0 heterocycles. The van der Waals surface area contributed by atoms with Crippen molar-refractivity contribution in [2.45, 2.75) is 5.97 Å². The summed E-state index contributed by atoms with van der Waals surface area (Å²) in [7, 11) is -3.49. The summed E-state index contributed by atoms with van der Waals surface area (Å²) in [5.41, 5.74) is 0. The molecule has 0 aromatic heterocycles. The molecule has 0 saturated carbocycles. The Morgan fingerprint density at radius 1 is 1.45 bits per heavy atom. The average molecular weight is 309 g/mol. The fourth-order valence-corrected chi connectivity index (χ4v) is 1.59. The number of benzene rings is 1. The molecule has 1 aromatic rings. The van der Waals surface area contributed by atoms with E-state index in [2.05, 4.69) is 14.3 Å². The van der Waals surface area contributed by atoms with Crippen molar-refractivity contribution in [3.63, 3.8) is 0 Å². The largest absolute Gasteiger partial charge is 0.468 e. The lowest BCUT2D eigenvalue weighted by molar-refractivity contribution is -0.140. The van der Waals surface area contributed by atoms with Crippen LogP contribution in [0.5, 0.6) is 5.75 Å². The molecule has 0 fully saturated rings. The van der Waals surface area contributed by atoms with Gasteiger partial charge in [0, 0.05) is 0 Å². The first-order valence-electron chi connectivity index (χ1n) is 5.27. The molecule has 0 aliphatic carbocycles. The van der Waals surface area contributed by atoms with Crippen LogP contribution < -0.4 is 10.2 Å². The molecular formula is C10H13FNO7P. The highest BCUT2D eigenvalue weighted by atomic mass is 31.2. The summed E-state index contributed by atoms with van der Waals surface area (Å²) < 4.78 is 32.6. The van der Waals surface area contributed by atoms with Gasteiger partial charge in [0.15, 0.2) is 5.75 Å². The van der Waals surface area contributed by atoms with Crippen LogP contribution in [0.1, 0.15) is 0 Å². The molecule has 0 saturated heterocycles. The summed E-state index contributed by atoms with van der Waals surface area (Å²) in [5.74, 6) is -3.37. The van der Waals surface area contributed by atoms with Crippen LogP contribution in [0.2, 0.25) is 0 Å². The van der Waals surface area contributed by atoms with E-state index < -0.39 is 31.9 Å². The summed E-state index contributed by atoms with van der Waals surface area (Å²) in [6, 6.07) is 4.41. The van der Waals surface area contributed by atoms with Gasteiger partial charge in [0.2, 0.25) is 5.97 Å². The second-order valence-corrected chi connectivity index (χ2v) is 5.27. The molecule has 2 atom stereocenters. The Morgan fingerprint density at radius 3 is 2.60 bits per heavy atom. The van der Waals surface area contributed by atoms with Crippen molar-refractivity contribution < 1.29 is 38.0 Å². The van der Waals surface area contributed by atoms with E-state index in [1.807, 2.05) is 5.32 Å². The zero-order valence-corrected chi connectivity index (χ0v) is 11.2. The number of nitrogens with one attached hydrogen (secondary N) is 1. The minimum Gasteiger partial charge on any atom is -0.468 e. The zero-order valence-electron chi connectivity index (χ0n) is 10.4. The van der Waals surface area contributed by atoms with E-state index in [-0.39, 0.29) is 5.75 Å². The third-order valence-electron chi connectivity index (χ3n) is 2.02. The molecule has 10 heteroatoms. The molecule has 0 spiro atoms. The van der Waals surface area contributed by atoms with Gasteiger partial charge in [-0.05, 0) is 24.3 Å². The minimum absolute atomic E-state index is 0.0409. The Kier molecular flexibility index (Phi) is 6.05. The van der Waals surface area contributed by atoms with E-state index >= 15 is 0 Å². The number of esters is 1. The third kappa shape index (κ3) is 5.24. The number of halogens is 1. The van der Waals surface area contributed by atoms with Crippen molar-refractivity contribution in [1.29, 1.82) is 0 Å². The van der Waals surface area contributed by atoms with Gasteiger partial charge in [-0.15, -0.1) is 0 Å². The topological polar surface area (TPSA) is 114 Å². The Balaban J connectivity index is 2.49. The average Bonchev–Trinajstić information content (AvgIpc) is 2.43. The molecule has 112 valence electrons. The number of carbonyl (C=O) groups excluding carboxylic acids is 1. The molecule has 0 aliphatic heterocycles. The van der Waals surface area contributed by atoms with Crippen molar-refractivity contribution in [1.82, 2.24) is 5.32 Å². The standard InChI is InChI=1S/C10H13FNO7P/c1-17-9(13)6-12-10(14)20(15,16)19-18-8-4-2-7(11)3-5-8/h2-5,10,12,14H,6H2,1H3,(H,15,16). The van der Waals surface area contributed by atoms with Crippen LogP contribution in [0, 0.1) is 5.82 Å². The molecule has 0 amide bonds. The normalized spacial score (nSPS) is 15.2. The fraction of sp³-hybridized carbons (Fsp3) is 0.300. The number of carbonyl (C=O) groups is 1. The first-order valence-corrected chi connectivity index (χ1v) is 6.92. The second kappa shape index (κ2) is 7.32. The quantitative estimate of drug-likeness (QED) is 0.217. The lowest BCUT2D eigenvalue weighted by Crippen LogP contribution is -2.34. The van der Waals surface area contributed by atoms with Crippen molar-refractivity contribution in [2.75, 3.05) is 13.7 Å². The summed E-state index contributed by atoms with van der Waals surface area (Å²) in [6.45, 7) is -0.498. The zero-order chi connectivity index (χ0) is 15.2. The Morgan fingerprint density at radius 2 is 2.05 bits per heavy atom. The predicted octanol–water partition coefficient (Wildman–Crippen LogP) is 0.360. The predicted molar refractivity (Wildman–Crippen MR) is 64.0 cm³/mol. The number of ether oxygens (including phenoxy) is 1. The number of aliphatic hydroxyl groups is 1. The number of methoxy groups -OCH3 is 1. The molecule has 20 heavy (non-hydrogen) atoms. The Labute approximate surface area is 113 Å². The molecule has 0 aliphatic rings. The molecule has 8 nitrogen and oxygen atoms in total. The number of aliphatic hydroxyl groups excluding tert-OH is 1. The van der Waals surface area contributed by atoms with Gasteiger partial charge in [-0.2, -0.15) is 0 Å². The maximum Gasteiger partial charge on any atom is 0.408 e. The van der Waals surface area contributed by atoms with E-state index in [1.54, 1.807) is 0 Å². The molecule has 3 N–H and O–H groups in total. The van der Waals surface area contributed by atoms with E-state index in [1.165, 1.54) is 0 Å². The highest BCUT2D eigenvalue weighted by molar-refractivity contribution is 7.53.